The Bertz CT molecular complexity index is 700. The first-order valence-corrected chi connectivity index (χ1v) is 9.07. The topological polar surface area (TPSA) is 73.8 Å². The predicted molar refractivity (Wildman–Crippen MR) is 91.6 cm³/mol. The van der Waals surface area contributed by atoms with Crippen molar-refractivity contribution in [2.24, 2.45) is 0 Å². The van der Waals surface area contributed by atoms with Gasteiger partial charge in [0.1, 0.15) is 24.6 Å². The molecule has 0 saturated carbocycles. The lowest BCUT2D eigenvalue weighted by molar-refractivity contribution is -0.128. The van der Waals surface area contributed by atoms with Gasteiger partial charge in [-0.3, -0.25) is 4.79 Å². The van der Waals surface area contributed by atoms with Gasteiger partial charge in [0.05, 0.1) is 24.7 Å². The lowest BCUT2D eigenvalue weighted by Gasteiger charge is -2.41. The first-order valence-electron chi connectivity index (χ1n) is 9.07. The average molecular weight is 367 g/mol. The second-order valence-corrected chi connectivity index (χ2v) is 7.13. The first kappa shape index (κ1) is 17.5. The smallest absolute Gasteiger partial charge is 0.267 e. The number of aliphatic hydroxyl groups is 1. The Balaban J connectivity index is 1.68. The third-order valence-corrected chi connectivity index (χ3v) is 5.47. The van der Waals surface area contributed by atoms with E-state index < -0.39 is 24.1 Å². The van der Waals surface area contributed by atoms with Crippen molar-refractivity contribution in [1.82, 2.24) is 10.6 Å². The van der Waals surface area contributed by atoms with Crippen molar-refractivity contribution in [3.63, 3.8) is 0 Å². The summed E-state index contributed by atoms with van der Waals surface area (Å²) < 4.78 is 34.7. The van der Waals surface area contributed by atoms with E-state index in [0.29, 0.717) is 56.0 Å². The summed E-state index contributed by atoms with van der Waals surface area (Å²) in [5, 5.41) is 14.9. The highest BCUT2D eigenvalue weighted by Gasteiger charge is 2.45. The molecule has 3 aliphatic rings. The lowest BCUT2D eigenvalue weighted by atomic mass is 9.85. The standard InChI is InChI=1S/C18H23F2N3O3/c19-18(20)10-21-7-6-12(18)11-2-1-3-13-16(11)26-9-8-23(13)14-4-5-15(24)22-17(14)25/h1-3,12,14-15,21,24H,4-10H2,(H,22,25)/t12-,14?,15?/m1/s1. The number of anilines is 1. The zero-order valence-electron chi connectivity index (χ0n) is 14.4. The molecule has 3 N–H and O–H groups in total. The van der Waals surface area contributed by atoms with Gasteiger partial charge in [-0.1, -0.05) is 12.1 Å². The number of ether oxygens (including phenoxy) is 1. The number of halogens is 2. The third kappa shape index (κ3) is 3.01. The van der Waals surface area contributed by atoms with E-state index in [2.05, 4.69) is 10.6 Å². The van der Waals surface area contributed by atoms with Gasteiger partial charge in [-0.05, 0) is 31.9 Å². The molecule has 3 aliphatic heterocycles. The number of alkyl halides is 2. The van der Waals surface area contributed by atoms with Gasteiger partial charge in [-0.2, -0.15) is 0 Å². The molecule has 0 radical (unpaired) electrons. The Labute approximate surface area is 150 Å². The molecular formula is C18H23F2N3O3. The maximum atomic E-state index is 14.5. The van der Waals surface area contributed by atoms with Crippen LogP contribution in [0.1, 0.15) is 30.7 Å². The molecule has 0 bridgehead atoms. The minimum absolute atomic E-state index is 0.241. The molecule has 3 atom stereocenters. The Morgan fingerprint density at radius 1 is 1.27 bits per heavy atom. The van der Waals surface area contributed by atoms with Crippen LogP contribution in [0.15, 0.2) is 18.2 Å². The Kier molecular flexibility index (Phi) is 4.48. The fourth-order valence-corrected chi connectivity index (χ4v) is 4.19. The van der Waals surface area contributed by atoms with E-state index in [-0.39, 0.29) is 12.5 Å². The van der Waals surface area contributed by atoms with Gasteiger partial charge in [0.15, 0.2) is 0 Å². The van der Waals surface area contributed by atoms with Gasteiger partial charge < -0.3 is 25.4 Å². The van der Waals surface area contributed by atoms with Gasteiger partial charge in [-0.15, -0.1) is 0 Å². The fraction of sp³-hybridized carbons (Fsp3) is 0.611. The van der Waals surface area contributed by atoms with E-state index >= 15 is 0 Å². The van der Waals surface area contributed by atoms with Crippen LogP contribution in [0, 0.1) is 0 Å². The quantitative estimate of drug-likeness (QED) is 0.733. The number of carbonyl (C=O) groups is 1. The molecular weight excluding hydrogens is 344 g/mol. The number of rotatable bonds is 2. The van der Waals surface area contributed by atoms with E-state index in [1.807, 2.05) is 11.0 Å². The normalized spacial score (nSPS) is 31.0. The highest BCUT2D eigenvalue weighted by Crippen LogP contribution is 2.46. The summed E-state index contributed by atoms with van der Waals surface area (Å²) in [5.41, 5.74) is 1.19. The largest absolute Gasteiger partial charge is 0.489 e. The second kappa shape index (κ2) is 6.66. The first-order chi connectivity index (χ1) is 12.5. The number of para-hydroxylation sites is 1. The average Bonchev–Trinajstić information content (AvgIpc) is 2.61. The van der Waals surface area contributed by atoms with Crippen LogP contribution in [0.25, 0.3) is 0 Å². The maximum absolute atomic E-state index is 14.5. The van der Waals surface area contributed by atoms with Crippen molar-refractivity contribution in [3.8, 4) is 5.75 Å². The van der Waals surface area contributed by atoms with Crippen molar-refractivity contribution >= 4 is 11.6 Å². The summed E-state index contributed by atoms with van der Waals surface area (Å²) in [4.78, 5) is 14.2. The molecule has 0 aromatic heterocycles. The number of hydrogen-bond acceptors (Lipinski definition) is 5. The number of carbonyl (C=O) groups excluding carboxylic acids is 1. The number of hydrogen-bond donors (Lipinski definition) is 3. The molecule has 2 saturated heterocycles. The monoisotopic (exact) mass is 367 g/mol. The molecule has 6 nitrogen and oxygen atoms in total. The minimum atomic E-state index is -2.84. The van der Waals surface area contributed by atoms with Gasteiger partial charge in [0.2, 0.25) is 5.91 Å². The van der Waals surface area contributed by atoms with Crippen molar-refractivity contribution < 1.29 is 23.4 Å². The fourth-order valence-electron chi connectivity index (χ4n) is 4.19. The number of benzene rings is 1. The van der Waals surface area contributed by atoms with E-state index in [9.17, 15) is 18.7 Å². The summed E-state index contributed by atoms with van der Waals surface area (Å²) in [6, 6.07) is 4.85. The van der Waals surface area contributed by atoms with Crippen LogP contribution in [0.4, 0.5) is 14.5 Å². The second-order valence-electron chi connectivity index (χ2n) is 7.13. The van der Waals surface area contributed by atoms with Crippen LogP contribution in [0.2, 0.25) is 0 Å². The van der Waals surface area contributed by atoms with E-state index in [0.717, 1.165) is 0 Å². The maximum Gasteiger partial charge on any atom is 0.267 e. The van der Waals surface area contributed by atoms with Crippen molar-refractivity contribution in [2.45, 2.75) is 43.4 Å². The zero-order valence-corrected chi connectivity index (χ0v) is 14.4. The highest BCUT2D eigenvalue weighted by atomic mass is 19.3. The highest BCUT2D eigenvalue weighted by molar-refractivity contribution is 5.87. The number of aliphatic hydroxyl groups excluding tert-OH is 1. The summed E-state index contributed by atoms with van der Waals surface area (Å²) in [6.45, 7) is 1.05. The van der Waals surface area contributed by atoms with Gasteiger partial charge in [-0.25, -0.2) is 8.78 Å². The lowest BCUT2D eigenvalue weighted by Crippen LogP contribution is -2.56. The van der Waals surface area contributed by atoms with Crippen molar-refractivity contribution in [2.75, 3.05) is 31.1 Å². The molecule has 3 heterocycles. The zero-order chi connectivity index (χ0) is 18.3. The molecule has 1 aromatic carbocycles. The molecule has 142 valence electrons. The molecule has 26 heavy (non-hydrogen) atoms. The van der Waals surface area contributed by atoms with Gasteiger partial charge >= 0.3 is 0 Å². The van der Waals surface area contributed by atoms with Gasteiger partial charge in [0.25, 0.3) is 5.92 Å². The van der Waals surface area contributed by atoms with Crippen molar-refractivity contribution in [3.05, 3.63) is 23.8 Å². The Hall–Kier alpha value is -1.93. The van der Waals surface area contributed by atoms with Crippen molar-refractivity contribution in [1.29, 1.82) is 0 Å². The molecule has 1 amide bonds. The molecule has 2 fully saturated rings. The van der Waals surface area contributed by atoms with E-state index in [4.69, 9.17) is 4.74 Å². The predicted octanol–water partition coefficient (Wildman–Crippen LogP) is 1.19. The molecule has 0 spiro atoms. The summed E-state index contributed by atoms with van der Waals surface area (Å²) in [5.74, 6) is -3.52. The molecule has 0 aliphatic carbocycles. The van der Waals surface area contributed by atoms with Crippen LogP contribution in [0.3, 0.4) is 0 Å². The van der Waals surface area contributed by atoms with Crippen LogP contribution in [-0.2, 0) is 4.79 Å². The Morgan fingerprint density at radius 2 is 2.12 bits per heavy atom. The molecule has 4 rings (SSSR count). The summed E-state index contributed by atoms with van der Waals surface area (Å²) in [6.07, 6.45) is 0.497. The molecule has 1 aromatic rings. The molecule has 8 heteroatoms. The summed E-state index contributed by atoms with van der Waals surface area (Å²) in [7, 11) is 0. The number of nitrogens with one attached hydrogen (secondary N) is 2. The number of nitrogens with zero attached hydrogens (tertiary/aromatic N) is 1. The number of fused-ring (bicyclic) bond motifs is 1. The van der Waals surface area contributed by atoms with Crippen LogP contribution in [-0.4, -0.2) is 55.4 Å². The SMILES string of the molecule is O=C1NC(O)CCC1N1CCOc2c([C@H]3CCNCC3(F)F)cccc21. The van der Waals surface area contributed by atoms with Crippen LogP contribution >= 0.6 is 0 Å². The van der Waals surface area contributed by atoms with E-state index in [1.54, 1.807) is 12.1 Å². The Morgan fingerprint density at radius 3 is 2.88 bits per heavy atom. The molecule has 2 unspecified atom stereocenters. The van der Waals surface area contributed by atoms with E-state index in [1.165, 1.54) is 0 Å². The van der Waals surface area contributed by atoms with Crippen LogP contribution < -0.4 is 20.3 Å². The van der Waals surface area contributed by atoms with Gasteiger partial charge in [0, 0.05) is 5.56 Å². The van der Waals surface area contributed by atoms with Crippen LogP contribution in [0.5, 0.6) is 5.75 Å². The minimum Gasteiger partial charge on any atom is -0.489 e. The number of amides is 1. The third-order valence-electron chi connectivity index (χ3n) is 5.47. The number of piperidine rings is 2. The summed E-state index contributed by atoms with van der Waals surface area (Å²) >= 11 is 0.